The lowest BCUT2D eigenvalue weighted by Crippen LogP contribution is -2.10. The van der Waals surface area contributed by atoms with Gasteiger partial charge in [0.1, 0.15) is 17.3 Å². The van der Waals surface area contributed by atoms with Crippen LogP contribution in [0.25, 0.3) is 22.3 Å². The number of aromatic nitrogens is 2. The summed E-state index contributed by atoms with van der Waals surface area (Å²) in [5, 5.41) is 21.0. The molecule has 8 heteroatoms. The maximum atomic E-state index is 12.2. The van der Waals surface area contributed by atoms with Crippen LogP contribution in [0.2, 0.25) is 0 Å². The number of benzene rings is 2. The number of nitro benzene ring substituents is 1. The topological polar surface area (TPSA) is 118 Å². The number of phenolic OH excluding ortho intramolecular Hbond substituents is 1. The van der Waals surface area contributed by atoms with Crippen LogP contribution in [-0.4, -0.2) is 26.6 Å². The predicted molar refractivity (Wildman–Crippen MR) is 87.3 cm³/mol. The second-order valence-corrected chi connectivity index (χ2v) is 4.99. The van der Waals surface area contributed by atoms with Crippen LogP contribution in [0.1, 0.15) is 6.92 Å². The number of rotatable bonds is 4. The molecule has 8 nitrogen and oxygen atoms in total. The number of hydrogen-bond acceptors (Lipinski definition) is 6. The molecule has 24 heavy (non-hydrogen) atoms. The van der Waals surface area contributed by atoms with Gasteiger partial charge in [0.15, 0.2) is 0 Å². The van der Waals surface area contributed by atoms with Gasteiger partial charge in [-0.1, -0.05) is 0 Å². The van der Waals surface area contributed by atoms with Gasteiger partial charge in [-0.15, -0.1) is 0 Å². The van der Waals surface area contributed by atoms with E-state index in [-0.39, 0.29) is 22.6 Å². The van der Waals surface area contributed by atoms with Gasteiger partial charge in [0.2, 0.25) is 0 Å². The molecule has 0 aliphatic carbocycles. The van der Waals surface area contributed by atoms with Crippen LogP contribution in [0, 0.1) is 10.1 Å². The summed E-state index contributed by atoms with van der Waals surface area (Å²) in [7, 11) is 0. The van der Waals surface area contributed by atoms with Gasteiger partial charge in [0, 0.05) is 18.2 Å². The van der Waals surface area contributed by atoms with Crippen molar-refractivity contribution in [1.29, 1.82) is 0 Å². The monoisotopic (exact) mass is 327 g/mol. The molecule has 2 aromatic carbocycles. The average Bonchev–Trinajstić information content (AvgIpc) is 2.54. The van der Waals surface area contributed by atoms with Gasteiger partial charge in [-0.2, -0.15) is 0 Å². The Morgan fingerprint density at radius 2 is 2.08 bits per heavy atom. The third-order valence-corrected chi connectivity index (χ3v) is 3.44. The highest BCUT2D eigenvalue weighted by atomic mass is 16.6. The molecule has 0 amide bonds. The van der Waals surface area contributed by atoms with Gasteiger partial charge in [0.25, 0.3) is 11.2 Å². The fourth-order valence-corrected chi connectivity index (χ4v) is 2.34. The molecule has 0 aliphatic heterocycles. The molecule has 0 atom stereocenters. The second kappa shape index (κ2) is 5.99. The molecule has 0 radical (unpaired) electrons. The summed E-state index contributed by atoms with van der Waals surface area (Å²) >= 11 is 0. The molecule has 0 fully saturated rings. The first-order chi connectivity index (χ1) is 11.5. The van der Waals surface area contributed by atoms with Crippen molar-refractivity contribution in [2.45, 2.75) is 6.92 Å². The zero-order chi connectivity index (χ0) is 17.3. The normalized spacial score (nSPS) is 10.7. The molecule has 1 heterocycles. The van der Waals surface area contributed by atoms with Crippen molar-refractivity contribution in [3.05, 3.63) is 56.9 Å². The number of ether oxygens (including phenoxy) is 1. The molecule has 0 saturated heterocycles. The lowest BCUT2D eigenvalue weighted by Gasteiger charge is -2.08. The number of nitrogens with zero attached hydrogens (tertiary/aromatic N) is 2. The van der Waals surface area contributed by atoms with Crippen LogP contribution in [0.5, 0.6) is 11.5 Å². The molecular formula is C16H13N3O5. The molecule has 122 valence electrons. The highest BCUT2D eigenvalue weighted by molar-refractivity contribution is 5.82. The standard InChI is InChI=1S/C16H13N3O5/c1-2-24-10-4-5-11(14(20)8-10)15-17-13-6-3-9(19(22)23)7-12(13)16(21)18-15/h3-8,20H,2H2,1H3,(H,17,18,21). The van der Waals surface area contributed by atoms with Crippen LogP contribution < -0.4 is 10.3 Å². The maximum absolute atomic E-state index is 12.2. The van der Waals surface area contributed by atoms with Gasteiger partial charge < -0.3 is 14.8 Å². The summed E-state index contributed by atoms with van der Waals surface area (Å²) in [6, 6.07) is 8.50. The van der Waals surface area contributed by atoms with Crippen molar-refractivity contribution < 1.29 is 14.8 Å². The number of nitrogens with one attached hydrogen (secondary N) is 1. The van der Waals surface area contributed by atoms with E-state index in [1.807, 2.05) is 6.92 Å². The molecule has 0 aliphatic rings. The number of hydrogen-bond donors (Lipinski definition) is 2. The Morgan fingerprint density at radius 1 is 1.29 bits per heavy atom. The van der Waals surface area contributed by atoms with E-state index in [1.54, 1.807) is 12.1 Å². The number of non-ortho nitro benzene ring substituents is 1. The van der Waals surface area contributed by atoms with Crippen LogP contribution in [-0.2, 0) is 0 Å². The van der Waals surface area contributed by atoms with Crippen molar-refractivity contribution >= 4 is 16.6 Å². The highest BCUT2D eigenvalue weighted by Crippen LogP contribution is 2.30. The van der Waals surface area contributed by atoms with Crippen LogP contribution in [0.15, 0.2) is 41.2 Å². The summed E-state index contributed by atoms with van der Waals surface area (Å²) in [5.74, 6) is 0.574. The third-order valence-electron chi connectivity index (χ3n) is 3.44. The number of phenols is 1. The van der Waals surface area contributed by atoms with Crippen molar-refractivity contribution in [1.82, 2.24) is 9.97 Å². The molecule has 0 spiro atoms. The average molecular weight is 327 g/mol. The van der Waals surface area contributed by atoms with Crippen molar-refractivity contribution in [2.24, 2.45) is 0 Å². The molecule has 0 saturated carbocycles. The Kier molecular flexibility index (Phi) is 3.87. The minimum absolute atomic E-state index is 0.0923. The molecule has 3 rings (SSSR count). The van der Waals surface area contributed by atoms with Crippen molar-refractivity contribution in [3.8, 4) is 22.9 Å². The first-order valence-electron chi connectivity index (χ1n) is 7.14. The third kappa shape index (κ3) is 2.76. The van der Waals surface area contributed by atoms with E-state index in [4.69, 9.17) is 4.74 Å². The first-order valence-corrected chi connectivity index (χ1v) is 7.14. The number of aromatic amines is 1. The van der Waals surface area contributed by atoms with E-state index in [9.17, 15) is 20.0 Å². The summed E-state index contributed by atoms with van der Waals surface area (Å²) in [5.41, 5.74) is -0.0816. The summed E-state index contributed by atoms with van der Waals surface area (Å²) in [6.45, 7) is 2.29. The molecule has 1 aromatic heterocycles. The molecule has 3 aromatic rings. The highest BCUT2D eigenvalue weighted by Gasteiger charge is 2.13. The Balaban J connectivity index is 2.13. The minimum Gasteiger partial charge on any atom is -0.507 e. The fraction of sp³-hybridized carbons (Fsp3) is 0.125. The summed E-state index contributed by atoms with van der Waals surface area (Å²) in [6.07, 6.45) is 0. The number of fused-ring (bicyclic) bond motifs is 1. The van der Waals surface area contributed by atoms with Gasteiger partial charge >= 0.3 is 0 Å². The maximum Gasteiger partial charge on any atom is 0.270 e. The zero-order valence-corrected chi connectivity index (χ0v) is 12.6. The van der Waals surface area contributed by atoms with Crippen LogP contribution in [0.3, 0.4) is 0 Å². The predicted octanol–water partition coefficient (Wildman–Crippen LogP) is 2.60. The summed E-state index contributed by atoms with van der Waals surface area (Å²) in [4.78, 5) is 29.2. The Bertz CT molecular complexity index is 997. The van der Waals surface area contributed by atoms with E-state index in [0.29, 0.717) is 23.4 Å². The SMILES string of the molecule is CCOc1ccc(-c2nc3ccc([N+](=O)[O-])cc3c(=O)[nH]2)c(O)c1. The van der Waals surface area contributed by atoms with Crippen LogP contribution in [0.4, 0.5) is 5.69 Å². The van der Waals surface area contributed by atoms with E-state index in [2.05, 4.69) is 9.97 Å². The minimum atomic E-state index is -0.578. The quantitative estimate of drug-likeness (QED) is 0.561. The number of nitro groups is 1. The lowest BCUT2D eigenvalue weighted by molar-refractivity contribution is -0.384. The van der Waals surface area contributed by atoms with Gasteiger partial charge in [-0.05, 0) is 25.1 Å². The number of H-pyrrole nitrogens is 1. The van der Waals surface area contributed by atoms with E-state index in [1.165, 1.54) is 24.3 Å². The molecule has 2 N–H and O–H groups in total. The smallest absolute Gasteiger partial charge is 0.270 e. The fourth-order valence-electron chi connectivity index (χ4n) is 2.34. The number of aromatic hydroxyl groups is 1. The Hall–Kier alpha value is -3.42. The second-order valence-electron chi connectivity index (χ2n) is 4.99. The lowest BCUT2D eigenvalue weighted by atomic mass is 10.1. The largest absolute Gasteiger partial charge is 0.507 e. The molecule has 0 bridgehead atoms. The molecular weight excluding hydrogens is 314 g/mol. The van der Waals surface area contributed by atoms with E-state index in [0.717, 1.165) is 0 Å². The van der Waals surface area contributed by atoms with Gasteiger partial charge in [-0.3, -0.25) is 14.9 Å². The first kappa shape index (κ1) is 15.5. The van der Waals surface area contributed by atoms with E-state index < -0.39 is 10.5 Å². The molecule has 0 unspecified atom stereocenters. The van der Waals surface area contributed by atoms with Crippen molar-refractivity contribution in [2.75, 3.05) is 6.61 Å². The Morgan fingerprint density at radius 3 is 2.75 bits per heavy atom. The van der Waals surface area contributed by atoms with E-state index >= 15 is 0 Å². The van der Waals surface area contributed by atoms with Crippen LogP contribution >= 0.6 is 0 Å². The van der Waals surface area contributed by atoms with Gasteiger partial charge in [0.05, 0.1) is 28.0 Å². The van der Waals surface area contributed by atoms with Crippen molar-refractivity contribution in [3.63, 3.8) is 0 Å². The zero-order valence-electron chi connectivity index (χ0n) is 12.6. The van der Waals surface area contributed by atoms with Gasteiger partial charge in [-0.25, -0.2) is 4.98 Å². The Labute approximate surface area is 135 Å². The summed E-state index contributed by atoms with van der Waals surface area (Å²) < 4.78 is 5.29.